The molecule has 0 bridgehead atoms. The van der Waals surface area contributed by atoms with E-state index in [9.17, 15) is 9.59 Å². The van der Waals surface area contributed by atoms with Crippen molar-refractivity contribution in [2.24, 2.45) is 0 Å². The Kier molecular flexibility index (Phi) is 5.13. The third-order valence-electron chi connectivity index (χ3n) is 4.33. The van der Waals surface area contributed by atoms with E-state index in [4.69, 9.17) is 9.47 Å². The number of ether oxygens (including phenoxy) is 2. The van der Waals surface area contributed by atoms with E-state index in [1.54, 1.807) is 4.90 Å². The molecule has 0 fully saturated rings. The van der Waals surface area contributed by atoms with Gasteiger partial charge in [-0.3, -0.25) is 4.79 Å². The van der Waals surface area contributed by atoms with Crippen molar-refractivity contribution in [2.75, 3.05) is 24.7 Å². The van der Waals surface area contributed by atoms with Gasteiger partial charge in [-0.15, -0.1) is 11.3 Å². The minimum absolute atomic E-state index is 0.209. The molecular formula is C20H18N2O4S. The molecule has 2 heterocycles. The molecule has 4 rings (SSSR count). The molecule has 0 unspecified atom stereocenters. The quantitative estimate of drug-likeness (QED) is 0.613. The number of thiazole rings is 1. The summed E-state index contributed by atoms with van der Waals surface area (Å²) in [4.78, 5) is 30.2. The van der Waals surface area contributed by atoms with Gasteiger partial charge in [0.1, 0.15) is 11.6 Å². The van der Waals surface area contributed by atoms with Crippen LogP contribution in [0.3, 0.4) is 0 Å². The third kappa shape index (κ3) is 3.99. The van der Waals surface area contributed by atoms with Gasteiger partial charge in [0, 0.05) is 12.2 Å². The first kappa shape index (κ1) is 17.6. The van der Waals surface area contributed by atoms with Crippen molar-refractivity contribution in [3.8, 4) is 0 Å². The summed E-state index contributed by atoms with van der Waals surface area (Å²) in [5, 5.41) is 0.800. The molecule has 1 amide bonds. The number of esters is 1. The van der Waals surface area contributed by atoms with Gasteiger partial charge in [0.2, 0.25) is 0 Å². The van der Waals surface area contributed by atoms with E-state index in [2.05, 4.69) is 4.98 Å². The molecule has 0 saturated heterocycles. The van der Waals surface area contributed by atoms with Crippen LogP contribution in [0.25, 0.3) is 10.2 Å². The number of nitrogens with zero attached hydrogens (tertiary/aromatic N) is 2. The number of para-hydroxylation sites is 2. The van der Waals surface area contributed by atoms with Crippen molar-refractivity contribution >= 4 is 39.1 Å². The second-order valence-electron chi connectivity index (χ2n) is 6.15. The number of benzene rings is 2. The number of carbonyl (C=O) groups is 2. The Labute approximate surface area is 160 Å². The summed E-state index contributed by atoms with van der Waals surface area (Å²) in [5.74, 6) is -0.781. The summed E-state index contributed by atoms with van der Waals surface area (Å²) in [6.07, 6.45) is 0.821. The zero-order valence-corrected chi connectivity index (χ0v) is 15.4. The molecule has 6 nitrogen and oxygen atoms in total. The lowest BCUT2D eigenvalue weighted by Gasteiger charge is -2.17. The second-order valence-corrected chi connectivity index (χ2v) is 7.27. The van der Waals surface area contributed by atoms with Crippen molar-refractivity contribution in [2.45, 2.75) is 13.0 Å². The molecule has 1 aliphatic heterocycles. The van der Waals surface area contributed by atoms with Crippen molar-refractivity contribution in [3.05, 3.63) is 59.1 Å². The number of hydrogen-bond donors (Lipinski definition) is 0. The highest BCUT2D eigenvalue weighted by atomic mass is 32.1. The first-order valence-electron chi connectivity index (χ1n) is 8.67. The van der Waals surface area contributed by atoms with Gasteiger partial charge >= 0.3 is 5.97 Å². The Balaban J connectivity index is 1.22. The highest BCUT2D eigenvalue weighted by Crippen LogP contribution is 2.27. The zero-order chi connectivity index (χ0) is 18.6. The maximum Gasteiger partial charge on any atom is 0.332 e. The fraction of sp³-hybridized carbons (Fsp3) is 0.250. The van der Waals surface area contributed by atoms with Crippen LogP contribution < -0.4 is 4.90 Å². The number of fused-ring (bicyclic) bond motifs is 2. The SMILES string of the molecule is O=C(COCc1nc2ccccc2s1)OCC(=O)N1CCc2ccccc21. The van der Waals surface area contributed by atoms with Crippen LogP contribution in [-0.2, 0) is 32.1 Å². The Morgan fingerprint density at radius 1 is 1.07 bits per heavy atom. The molecule has 138 valence electrons. The van der Waals surface area contributed by atoms with Crippen LogP contribution in [0.2, 0.25) is 0 Å². The van der Waals surface area contributed by atoms with Crippen molar-refractivity contribution in [1.82, 2.24) is 4.98 Å². The maximum absolute atomic E-state index is 12.3. The average molecular weight is 382 g/mol. The van der Waals surface area contributed by atoms with Crippen LogP contribution >= 0.6 is 11.3 Å². The van der Waals surface area contributed by atoms with Gasteiger partial charge in [-0.25, -0.2) is 9.78 Å². The van der Waals surface area contributed by atoms with Crippen LogP contribution in [-0.4, -0.2) is 36.6 Å². The molecule has 7 heteroatoms. The smallest absolute Gasteiger partial charge is 0.332 e. The molecule has 2 aromatic carbocycles. The molecule has 1 aliphatic rings. The van der Waals surface area contributed by atoms with E-state index in [0.29, 0.717) is 6.54 Å². The Bertz CT molecular complexity index is 952. The first-order valence-corrected chi connectivity index (χ1v) is 9.48. The summed E-state index contributed by atoms with van der Waals surface area (Å²) < 4.78 is 11.5. The van der Waals surface area contributed by atoms with Gasteiger partial charge in [0.25, 0.3) is 5.91 Å². The molecule has 0 radical (unpaired) electrons. The van der Waals surface area contributed by atoms with Gasteiger partial charge in [-0.05, 0) is 30.2 Å². The predicted octanol–water partition coefficient (Wildman–Crippen LogP) is 2.95. The fourth-order valence-electron chi connectivity index (χ4n) is 3.06. The highest BCUT2D eigenvalue weighted by molar-refractivity contribution is 7.18. The Morgan fingerprint density at radius 2 is 1.89 bits per heavy atom. The maximum atomic E-state index is 12.3. The Hall–Kier alpha value is -2.77. The molecule has 0 N–H and O–H groups in total. The molecule has 0 spiro atoms. The molecule has 0 atom stereocenters. The van der Waals surface area contributed by atoms with E-state index >= 15 is 0 Å². The number of rotatable bonds is 6. The largest absolute Gasteiger partial charge is 0.454 e. The van der Waals surface area contributed by atoms with Crippen molar-refractivity contribution in [3.63, 3.8) is 0 Å². The van der Waals surface area contributed by atoms with E-state index in [1.165, 1.54) is 11.3 Å². The summed E-state index contributed by atoms with van der Waals surface area (Å²) in [5.41, 5.74) is 2.95. The number of anilines is 1. The van der Waals surface area contributed by atoms with Gasteiger partial charge < -0.3 is 14.4 Å². The highest BCUT2D eigenvalue weighted by Gasteiger charge is 2.24. The predicted molar refractivity (Wildman–Crippen MR) is 103 cm³/mol. The lowest BCUT2D eigenvalue weighted by Crippen LogP contribution is -2.33. The van der Waals surface area contributed by atoms with Gasteiger partial charge in [-0.1, -0.05) is 30.3 Å². The third-order valence-corrected chi connectivity index (χ3v) is 5.34. The molecular weight excluding hydrogens is 364 g/mol. The topological polar surface area (TPSA) is 68.7 Å². The minimum Gasteiger partial charge on any atom is -0.454 e. The second kappa shape index (κ2) is 7.85. The lowest BCUT2D eigenvalue weighted by molar-refractivity contribution is -0.152. The van der Waals surface area contributed by atoms with Gasteiger partial charge in [0.05, 0.1) is 16.8 Å². The molecule has 0 saturated carbocycles. The molecule has 0 aliphatic carbocycles. The van der Waals surface area contributed by atoms with E-state index < -0.39 is 5.97 Å². The summed E-state index contributed by atoms with van der Waals surface area (Å²) in [6, 6.07) is 15.6. The summed E-state index contributed by atoms with van der Waals surface area (Å²) in [7, 11) is 0. The lowest BCUT2D eigenvalue weighted by atomic mass is 10.2. The van der Waals surface area contributed by atoms with Gasteiger partial charge in [-0.2, -0.15) is 0 Å². The zero-order valence-electron chi connectivity index (χ0n) is 14.6. The number of amides is 1. The van der Waals surface area contributed by atoms with Crippen LogP contribution in [0.5, 0.6) is 0 Å². The summed E-state index contributed by atoms with van der Waals surface area (Å²) in [6.45, 7) is 0.364. The standard InChI is InChI=1S/C20H18N2O4S/c23-19(22-10-9-14-5-1-3-7-16(14)22)12-26-20(24)13-25-11-18-21-15-6-2-4-8-17(15)27-18/h1-8H,9-13H2. The van der Waals surface area contributed by atoms with Gasteiger partial charge in [0.15, 0.2) is 6.61 Å². The van der Waals surface area contributed by atoms with E-state index in [-0.39, 0.29) is 25.7 Å². The average Bonchev–Trinajstić information content (AvgIpc) is 3.29. The summed E-state index contributed by atoms with van der Waals surface area (Å²) >= 11 is 1.53. The first-order chi connectivity index (χ1) is 13.2. The number of carbonyl (C=O) groups excluding carboxylic acids is 2. The van der Waals surface area contributed by atoms with Crippen molar-refractivity contribution < 1.29 is 19.1 Å². The molecule has 27 heavy (non-hydrogen) atoms. The molecule has 1 aromatic heterocycles. The normalized spacial score (nSPS) is 13.0. The van der Waals surface area contributed by atoms with E-state index in [1.807, 2.05) is 48.5 Å². The van der Waals surface area contributed by atoms with E-state index in [0.717, 1.165) is 32.9 Å². The van der Waals surface area contributed by atoms with Crippen molar-refractivity contribution in [1.29, 1.82) is 0 Å². The number of aromatic nitrogens is 1. The monoisotopic (exact) mass is 382 g/mol. The van der Waals surface area contributed by atoms with Crippen LogP contribution in [0.4, 0.5) is 5.69 Å². The molecule has 3 aromatic rings. The van der Waals surface area contributed by atoms with Crippen LogP contribution in [0, 0.1) is 0 Å². The van der Waals surface area contributed by atoms with Crippen LogP contribution in [0.1, 0.15) is 10.6 Å². The van der Waals surface area contributed by atoms with Crippen LogP contribution in [0.15, 0.2) is 48.5 Å². The number of hydrogen-bond acceptors (Lipinski definition) is 6. The Morgan fingerprint density at radius 3 is 2.78 bits per heavy atom. The minimum atomic E-state index is -0.558. The fourth-order valence-corrected chi connectivity index (χ4v) is 3.97.